The first kappa shape index (κ1) is 10.9. The number of carbonyl (C=O) groups excluding carboxylic acids is 1. The summed E-state index contributed by atoms with van der Waals surface area (Å²) < 4.78 is 16.4. The smallest absolute Gasteiger partial charge is 0.231 e. The molecule has 4 heteroatoms. The first-order chi connectivity index (χ1) is 8.66. The largest absolute Gasteiger partial charge is 0.460 e. The third kappa shape index (κ3) is 1.57. The zero-order valence-electron chi connectivity index (χ0n) is 10.1. The molecule has 3 rings (SSSR count). The van der Waals surface area contributed by atoms with E-state index in [0.29, 0.717) is 28.6 Å². The zero-order valence-corrected chi connectivity index (χ0v) is 10.1. The number of ether oxygens (including phenoxy) is 2. The van der Waals surface area contributed by atoms with Crippen LogP contribution < -0.4 is 9.47 Å². The summed E-state index contributed by atoms with van der Waals surface area (Å²) in [7, 11) is 0. The van der Waals surface area contributed by atoms with Gasteiger partial charge in [0.05, 0.1) is 11.1 Å². The van der Waals surface area contributed by atoms with Gasteiger partial charge in [-0.3, -0.25) is 4.79 Å². The Balaban J connectivity index is 2.13. The van der Waals surface area contributed by atoms with Crippen molar-refractivity contribution < 1.29 is 18.7 Å². The predicted molar refractivity (Wildman–Crippen MR) is 65.0 cm³/mol. The highest BCUT2D eigenvalue weighted by molar-refractivity contribution is 5.96. The van der Waals surface area contributed by atoms with Gasteiger partial charge in [0.1, 0.15) is 11.5 Å². The Morgan fingerprint density at radius 2 is 2.11 bits per heavy atom. The Labute approximate surface area is 104 Å². The lowest BCUT2D eigenvalue weighted by molar-refractivity contribution is 0.101. The highest BCUT2D eigenvalue weighted by Gasteiger charge is 2.21. The second kappa shape index (κ2) is 3.91. The lowest BCUT2D eigenvalue weighted by atomic mass is 10.1. The first-order valence-corrected chi connectivity index (χ1v) is 5.67. The lowest BCUT2D eigenvalue weighted by Crippen LogP contribution is -1.93. The van der Waals surface area contributed by atoms with Crippen LogP contribution in [0.5, 0.6) is 11.5 Å². The van der Waals surface area contributed by atoms with Crippen LogP contribution in [0.2, 0.25) is 0 Å². The van der Waals surface area contributed by atoms with Gasteiger partial charge in [0, 0.05) is 0 Å². The number of hydrogen-bond acceptors (Lipinski definition) is 4. The van der Waals surface area contributed by atoms with Gasteiger partial charge in [-0.1, -0.05) is 6.07 Å². The average molecular weight is 244 g/mol. The number of hydrogen-bond donors (Lipinski definition) is 0. The summed E-state index contributed by atoms with van der Waals surface area (Å²) in [6.45, 7) is 3.52. The van der Waals surface area contributed by atoms with E-state index < -0.39 is 0 Å². The van der Waals surface area contributed by atoms with Gasteiger partial charge in [-0.25, -0.2) is 0 Å². The third-order valence-electron chi connectivity index (χ3n) is 2.96. The standard InChI is InChI=1S/C14H12O4/c1-8(15)11-6-13(18-9(11)2)10-4-3-5-12-14(10)17-7-16-12/h3-6H,7H2,1-2H3. The van der Waals surface area contributed by atoms with Gasteiger partial charge in [-0.15, -0.1) is 0 Å². The Kier molecular flexibility index (Phi) is 2.37. The number of para-hydroxylation sites is 1. The van der Waals surface area contributed by atoms with Crippen molar-refractivity contribution in [2.45, 2.75) is 13.8 Å². The number of ketones is 1. The van der Waals surface area contributed by atoms with Gasteiger partial charge in [0.2, 0.25) is 6.79 Å². The van der Waals surface area contributed by atoms with Crippen LogP contribution in [0.3, 0.4) is 0 Å². The van der Waals surface area contributed by atoms with Crippen LogP contribution in [0, 0.1) is 6.92 Å². The summed E-state index contributed by atoms with van der Waals surface area (Å²) in [5.41, 5.74) is 1.40. The fraction of sp³-hybridized carbons (Fsp3) is 0.214. The predicted octanol–water partition coefficient (Wildman–Crippen LogP) is 3.19. The monoisotopic (exact) mass is 244 g/mol. The van der Waals surface area contributed by atoms with Gasteiger partial charge in [0.15, 0.2) is 17.3 Å². The Bertz CT molecular complexity index is 625. The van der Waals surface area contributed by atoms with Crippen LogP contribution >= 0.6 is 0 Å². The van der Waals surface area contributed by atoms with Crippen molar-refractivity contribution in [3.63, 3.8) is 0 Å². The van der Waals surface area contributed by atoms with Gasteiger partial charge < -0.3 is 13.9 Å². The van der Waals surface area contributed by atoms with E-state index >= 15 is 0 Å². The SMILES string of the molecule is CC(=O)c1cc(-c2cccc3c2OCO3)oc1C. The minimum absolute atomic E-state index is 0.00718. The first-order valence-electron chi connectivity index (χ1n) is 5.67. The van der Waals surface area contributed by atoms with Crippen molar-refractivity contribution in [3.05, 3.63) is 35.6 Å². The fourth-order valence-electron chi connectivity index (χ4n) is 2.09. The molecule has 92 valence electrons. The molecule has 0 spiro atoms. The minimum Gasteiger partial charge on any atom is -0.460 e. The average Bonchev–Trinajstić information content (AvgIpc) is 2.94. The maximum Gasteiger partial charge on any atom is 0.231 e. The van der Waals surface area contributed by atoms with E-state index in [1.165, 1.54) is 6.92 Å². The quantitative estimate of drug-likeness (QED) is 0.761. The highest BCUT2D eigenvalue weighted by Crippen LogP contribution is 2.42. The van der Waals surface area contributed by atoms with Crippen molar-refractivity contribution in [2.24, 2.45) is 0 Å². The van der Waals surface area contributed by atoms with Gasteiger partial charge in [0.25, 0.3) is 0 Å². The number of Topliss-reactive ketones (excluding diaryl/α,β-unsaturated/α-hetero) is 1. The molecule has 1 aliphatic heterocycles. The third-order valence-corrected chi connectivity index (χ3v) is 2.96. The molecule has 0 N–H and O–H groups in total. The lowest BCUT2D eigenvalue weighted by Gasteiger charge is -2.01. The molecule has 0 unspecified atom stereocenters. The molecule has 0 atom stereocenters. The molecule has 0 amide bonds. The van der Waals surface area contributed by atoms with E-state index in [1.807, 2.05) is 18.2 Å². The van der Waals surface area contributed by atoms with Gasteiger partial charge in [-0.2, -0.15) is 0 Å². The molecular weight excluding hydrogens is 232 g/mol. The molecule has 1 aromatic carbocycles. The molecule has 2 heterocycles. The van der Waals surface area contributed by atoms with Crippen molar-refractivity contribution in [3.8, 4) is 22.8 Å². The molecule has 0 saturated heterocycles. The summed E-state index contributed by atoms with van der Waals surface area (Å²) in [4.78, 5) is 11.4. The minimum atomic E-state index is -0.00718. The van der Waals surface area contributed by atoms with Crippen molar-refractivity contribution >= 4 is 5.78 Å². The van der Waals surface area contributed by atoms with Crippen LogP contribution in [0.1, 0.15) is 23.0 Å². The van der Waals surface area contributed by atoms with Crippen LogP contribution in [0.15, 0.2) is 28.7 Å². The topological polar surface area (TPSA) is 48.7 Å². The van der Waals surface area contributed by atoms with Crippen LogP contribution in [-0.2, 0) is 0 Å². The Morgan fingerprint density at radius 1 is 1.28 bits per heavy atom. The molecular formula is C14H12O4. The molecule has 1 aromatic heterocycles. The molecule has 4 nitrogen and oxygen atoms in total. The maximum atomic E-state index is 11.4. The molecule has 1 aliphatic rings. The zero-order chi connectivity index (χ0) is 12.7. The number of carbonyl (C=O) groups is 1. The normalized spacial score (nSPS) is 12.8. The molecule has 0 saturated carbocycles. The summed E-state index contributed by atoms with van der Waals surface area (Å²) in [6, 6.07) is 7.34. The van der Waals surface area contributed by atoms with Crippen molar-refractivity contribution in [2.75, 3.05) is 6.79 Å². The van der Waals surface area contributed by atoms with E-state index in [4.69, 9.17) is 13.9 Å². The molecule has 0 radical (unpaired) electrons. The van der Waals surface area contributed by atoms with E-state index in [-0.39, 0.29) is 12.6 Å². The fourth-order valence-corrected chi connectivity index (χ4v) is 2.09. The van der Waals surface area contributed by atoms with Crippen LogP contribution in [-0.4, -0.2) is 12.6 Å². The van der Waals surface area contributed by atoms with E-state index in [9.17, 15) is 4.79 Å². The maximum absolute atomic E-state index is 11.4. The molecule has 0 fully saturated rings. The van der Waals surface area contributed by atoms with E-state index in [1.54, 1.807) is 13.0 Å². The van der Waals surface area contributed by atoms with Crippen LogP contribution in [0.25, 0.3) is 11.3 Å². The number of furan rings is 1. The summed E-state index contributed by atoms with van der Waals surface area (Å²) in [5, 5.41) is 0. The van der Waals surface area contributed by atoms with E-state index in [2.05, 4.69) is 0 Å². The van der Waals surface area contributed by atoms with Crippen molar-refractivity contribution in [1.29, 1.82) is 0 Å². The molecule has 18 heavy (non-hydrogen) atoms. The van der Waals surface area contributed by atoms with Crippen molar-refractivity contribution in [1.82, 2.24) is 0 Å². The van der Waals surface area contributed by atoms with E-state index in [0.717, 1.165) is 5.56 Å². The molecule has 0 bridgehead atoms. The highest BCUT2D eigenvalue weighted by atomic mass is 16.7. The summed E-state index contributed by atoms with van der Waals surface area (Å²) in [5.74, 6) is 2.61. The van der Waals surface area contributed by atoms with Crippen LogP contribution in [0.4, 0.5) is 0 Å². The van der Waals surface area contributed by atoms with Gasteiger partial charge in [-0.05, 0) is 32.0 Å². The Morgan fingerprint density at radius 3 is 2.83 bits per heavy atom. The number of rotatable bonds is 2. The molecule has 2 aromatic rings. The second-order valence-corrected chi connectivity index (χ2v) is 4.18. The number of fused-ring (bicyclic) bond motifs is 1. The van der Waals surface area contributed by atoms with Gasteiger partial charge >= 0.3 is 0 Å². The number of aryl methyl sites for hydroxylation is 1. The Hall–Kier alpha value is -2.23. The summed E-state index contributed by atoms with van der Waals surface area (Å²) >= 11 is 0. The second-order valence-electron chi connectivity index (χ2n) is 4.18. The number of benzene rings is 1. The summed E-state index contributed by atoms with van der Waals surface area (Å²) in [6.07, 6.45) is 0. The molecule has 0 aliphatic carbocycles.